The summed E-state index contributed by atoms with van der Waals surface area (Å²) in [7, 11) is 2.18. The van der Waals surface area contributed by atoms with Crippen molar-refractivity contribution < 1.29 is 9.47 Å². The van der Waals surface area contributed by atoms with Crippen LogP contribution < -0.4 is 14.8 Å². The predicted molar refractivity (Wildman–Crippen MR) is 79.8 cm³/mol. The third-order valence-corrected chi connectivity index (χ3v) is 4.25. The van der Waals surface area contributed by atoms with Crippen LogP contribution in [0.15, 0.2) is 12.1 Å². The van der Waals surface area contributed by atoms with Gasteiger partial charge in [-0.2, -0.15) is 0 Å². The maximum absolute atomic E-state index is 6.25. The van der Waals surface area contributed by atoms with Crippen molar-refractivity contribution in [1.29, 1.82) is 0 Å². The van der Waals surface area contributed by atoms with E-state index in [1.54, 1.807) is 0 Å². The Morgan fingerprint density at radius 1 is 1.25 bits per heavy atom. The number of hydrogen-bond acceptors (Lipinski definition) is 4. The first-order chi connectivity index (χ1) is 9.72. The Balaban J connectivity index is 1.61. The van der Waals surface area contributed by atoms with Gasteiger partial charge in [0.15, 0.2) is 11.5 Å². The lowest BCUT2D eigenvalue weighted by atomic mass is 10.1. The van der Waals surface area contributed by atoms with Gasteiger partial charge in [-0.25, -0.2) is 0 Å². The number of benzene rings is 1. The van der Waals surface area contributed by atoms with Gasteiger partial charge >= 0.3 is 0 Å². The minimum absolute atomic E-state index is 0.569. The molecular formula is C15H21ClN2O2. The molecule has 0 bridgehead atoms. The third-order valence-electron chi connectivity index (χ3n) is 3.97. The monoisotopic (exact) mass is 296 g/mol. The fourth-order valence-corrected chi connectivity index (χ4v) is 3.03. The molecule has 0 atom stereocenters. The minimum Gasteiger partial charge on any atom is -0.486 e. The zero-order chi connectivity index (χ0) is 13.9. The van der Waals surface area contributed by atoms with Crippen molar-refractivity contribution >= 4 is 11.6 Å². The van der Waals surface area contributed by atoms with Gasteiger partial charge < -0.3 is 19.7 Å². The number of fused-ring (bicyclic) bond motifs is 1. The number of ether oxygens (including phenoxy) is 2. The first kappa shape index (κ1) is 14.0. The van der Waals surface area contributed by atoms with Crippen molar-refractivity contribution in [2.45, 2.75) is 25.4 Å². The van der Waals surface area contributed by atoms with Crippen LogP contribution in [0.3, 0.4) is 0 Å². The summed E-state index contributed by atoms with van der Waals surface area (Å²) >= 11 is 6.25. The second-order valence-corrected chi connectivity index (χ2v) is 5.97. The van der Waals surface area contributed by atoms with E-state index >= 15 is 0 Å². The first-order valence-corrected chi connectivity index (χ1v) is 7.60. The molecule has 1 aromatic carbocycles. The normalized spacial score (nSPS) is 20.1. The van der Waals surface area contributed by atoms with Crippen LogP contribution in [-0.4, -0.2) is 44.3 Å². The highest BCUT2D eigenvalue weighted by molar-refractivity contribution is 6.32. The van der Waals surface area contributed by atoms with Gasteiger partial charge in [-0.15, -0.1) is 0 Å². The largest absolute Gasteiger partial charge is 0.486 e. The van der Waals surface area contributed by atoms with E-state index in [0.717, 1.165) is 17.9 Å². The van der Waals surface area contributed by atoms with E-state index in [-0.39, 0.29) is 0 Å². The fraction of sp³-hybridized carbons (Fsp3) is 0.600. The SMILES string of the molecule is CN1CCC(NCc2cc(Cl)c3c(c2)OCCO3)CC1. The van der Waals surface area contributed by atoms with E-state index in [0.29, 0.717) is 30.0 Å². The zero-order valence-electron chi connectivity index (χ0n) is 11.8. The van der Waals surface area contributed by atoms with Crippen molar-refractivity contribution in [3.63, 3.8) is 0 Å². The fourth-order valence-electron chi connectivity index (χ4n) is 2.74. The van der Waals surface area contributed by atoms with Crippen LogP contribution >= 0.6 is 11.6 Å². The quantitative estimate of drug-likeness (QED) is 0.928. The van der Waals surface area contributed by atoms with E-state index in [1.807, 2.05) is 12.1 Å². The highest BCUT2D eigenvalue weighted by Gasteiger charge is 2.18. The maximum Gasteiger partial charge on any atom is 0.179 e. The molecule has 20 heavy (non-hydrogen) atoms. The van der Waals surface area contributed by atoms with Gasteiger partial charge in [0, 0.05) is 12.6 Å². The molecular weight excluding hydrogens is 276 g/mol. The smallest absolute Gasteiger partial charge is 0.179 e. The topological polar surface area (TPSA) is 33.7 Å². The first-order valence-electron chi connectivity index (χ1n) is 7.22. The summed E-state index contributed by atoms with van der Waals surface area (Å²) in [6.07, 6.45) is 2.41. The van der Waals surface area contributed by atoms with Gasteiger partial charge in [0.25, 0.3) is 0 Å². The van der Waals surface area contributed by atoms with Gasteiger partial charge in [0.1, 0.15) is 13.2 Å². The zero-order valence-corrected chi connectivity index (χ0v) is 12.6. The van der Waals surface area contributed by atoms with Gasteiger partial charge in [-0.05, 0) is 50.7 Å². The second kappa shape index (κ2) is 6.20. The summed E-state index contributed by atoms with van der Waals surface area (Å²) in [6, 6.07) is 4.59. The molecule has 0 aromatic heterocycles. The molecule has 1 aromatic rings. The summed E-state index contributed by atoms with van der Waals surface area (Å²) in [5.41, 5.74) is 1.15. The molecule has 4 nitrogen and oxygen atoms in total. The molecule has 3 rings (SSSR count). The number of nitrogens with one attached hydrogen (secondary N) is 1. The summed E-state index contributed by atoms with van der Waals surface area (Å²) in [5, 5.41) is 4.25. The molecule has 0 aliphatic carbocycles. The summed E-state index contributed by atoms with van der Waals surface area (Å²) < 4.78 is 11.1. The van der Waals surface area contributed by atoms with Crippen molar-refractivity contribution in [1.82, 2.24) is 10.2 Å². The molecule has 110 valence electrons. The van der Waals surface area contributed by atoms with E-state index in [4.69, 9.17) is 21.1 Å². The number of hydrogen-bond donors (Lipinski definition) is 1. The summed E-state index contributed by atoms with van der Waals surface area (Å²) in [5.74, 6) is 1.45. The van der Waals surface area contributed by atoms with E-state index in [9.17, 15) is 0 Å². The van der Waals surface area contributed by atoms with E-state index in [1.165, 1.54) is 25.9 Å². The number of rotatable bonds is 3. The van der Waals surface area contributed by atoms with Crippen LogP contribution in [0.4, 0.5) is 0 Å². The standard InChI is InChI=1S/C15H21ClN2O2/c1-18-4-2-12(3-5-18)17-10-11-8-13(16)15-14(9-11)19-6-7-20-15/h8-9,12,17H,2-7,10H2,1H3. The summed E-state index contributed by atoms with van der Waals surface area (Å²) in [6.45, 7) is 4.32. The van der Waals surface area contributed by atoms with Crippen LogP contribution in [0.2, 0.25) is 5.02 Å². The van der Waals surface area contributed by atoms with Crippen LogP contribution in [-0.2, 0) is 6.54 Å². The molecule has 2 aliphatic rings. The highest BCUT2D eigenvalue weighted by Crippen LogP contribution is 2.38. The Morgan fingerprint density at radius 3 is 2.80 bits per heavy atom. The molecule has 0 radical (unpaired) electrons. The molecule has 0 unspecified atom stereocenters. The Morgan fingerprint density at radius 2 is 2.00 bits per heavy atom. The molecule has 5 heteroatoms. The van der Waals surface area contributed by atoms with Gasteiger partial charge in [0.2, 0.25) is 0 Å². The summed E-state index contributed by atoms with van der Waals surface area (Å²) in [4.78, 5) is 2.37. The van der Waals surface area contributed by atoms with Crippen LogP contribution in [0.25, 0.3) is 0 Å². The van der Waals surface area contributed by atoms with Crippen molar-refractivity contribution in [3.05, 3.63) is 22.7 Å². The lowest BCUT2D eigenvalue weighted by Gasteiger charge is -2.29. The number of piperidine rings is 1. The van der Waals surface area contributed by atoms with Crippen molar-refractivity contribution in [2.24, 2.45) is 0 Å². The number of likely N-dealkylation sites (tertiary alicyclic amines) is 1. The van der Waals surface area contributed by atoms with E-state index in [2.05, 4.69) is 17.3 Å². The van der Waals surface area contributed by atoms with Gasteiger partial charge in [0.05, 0.1) is 5.02 Å². The van der Waals surface area contributed by atoms with Crippen LogP contribution in [0.1, 0.15) is 18.4 Å². The van der Waals surface area contributed by atoms with Crippen molar-refractivity contribution in [3.8, 4) is 11.5 Å². The van der Waals surface area contributed by atoms with Crippen LogP contribution in [0, 0.1) is 0 Å². The van der Waals surface area contributed by atoms with E-state index < -0.39 is 0 Å². The van der Waals surface area contributed by atoms with Crippen LogP contribution in [0.5, 0.6) is 11.5 Å². The maximum atomic E-state index is 6.25. The average Bonchev–Trinajstić information content (AvgIpc) is 2.47. The van der Waals surface area contributed by atoms with Gasteiger partial charge in [-0.1, -0.05) is 11.6 Å². The predicted octanol–water partition coefficient (Wildman–Crippen LogP) is 2.29. The molecule has 1 saturated heterocycles. The van der Waals surface area contributed by atoms with Crippen molar-refractivity contribution in [2.75, 3.05) is 33.4 Å². The third kappa shape index (κ3) is 3.19. The minimum atomic E-state index is 0.569. The lowest BCUT2D eigenvalue weighted by Crippen LogP contribution is -2.40. The Bertz CT molecular complexity index is 473. The van der Waals surface area contributed by atoms with Gasteiger partial charge in [-0.3, -0.25) is 0 Å². The molecule has 0 spiro atoms. The Hall–Kier alpha value is -0.970. The molecule has 0 amide bonds. The molecule has 2 aliphatic heterocycles. The number of nitrogens with zero attached hydrogens (tertiary/aromatic N) is 1. The molecule has 0 saturated carbocycles. The Labute approximate surface area is 125 Å². The molecule has 2 heterocycles. The molecule has 1 fully saturated rings. The number of halogens is 1. The lowest BCUT2D eigenvalue weighted by molar-refractivity contribution is 0.171. The Kier molecular flexibility index (Phi) is 4.34. The second-order valence-electron chi connectivity index (χ2n) is 5.56. The molecule has 1 N–H and O–H groups in total. The highest BCUT2D eigenvalue weighted by atomic mass is 35.5. The average molecular weight is 297 g/mol.